The van der Waals surface area contributed by atoms with Gasteiger partial charge in [-0.05, 0) is 56.2 Å². The summed E-state index contributed by atoms with van der Waals surface area (Å²) in [5.41, 5.74) is 10.3. The van der Waals surface area contributed by atoms with Crippen molar-refractivity contribution in [3.8, 4) is 0 Å². The second-order valence-corrected chi connectivity index (χ2v) is 5.60. The predicted molar refractivity (Wildman–Crippen MR) is 74.3 cm³/mol. The average Bonchev–Trinajstić information content (AvgIpc) is 2.34. The molecule has 0 aliphatic heterocycles. The molecule has 1 unspecified atom stereocenters. The summed E-state index contributed by atoms with van der Waals surface area (Å²) in [5.74, 6) is 1.39. The molecule has 1 aromatic rings. The molecule has 0 heterocycles. The molecule has 1 aliphatic rings. The van der Waals surface area contributed by atoms with Gasteiger partial charge in [0.1, 0.15) is 0 Å². The quantitative estimate of drug-likeness (QED) is 0.838. The second-order valence-electron chi connectivity index (χ2n) is 5.60. The molecule has 2 rings (SSSR count). The number of nitrogens with two attached hydrogens (primary N) is 1. The van der Waals surface area contributed by atoms with Crippen molar-refractivity contribution in [2.75, 3.05) is 6.54 Å². The molecule has 1 fully saturated rings. The van der Waals surface area contributed by atoms with Gasteiger partial charge in [0.2, 0.25) is 0 Å². The molecule has 2 N–H and O–H groups in total. The first kappa shape index (κ1) is 12.6. The minimum Gasteiger partial charge on any atom is -0.330 e. The maximum atomic E-state index is 6.04. The minimum atomic E-state index is 0.580. The third kappa shape index (κ3) is 2.90. The number of aryl methyl sites for hydroxylation is 2. The van der Waals surface area contributed by atoms with Gasteiger partial charge >= 0.3 is 0 Å². The van der Waals surface area contributed by atoms with Gasteiger partial charge in [-0.1, -0.05) is 43.0 Å². The normalized spacial score (nSPS) is 19.2. The number of benzene rings is 1. The fraction of sp³-hybridized carbons (Fsp3) is 0.625. The molecule has 1 aromatic carbocycles. The van der Waals surface area contributed by atoms with Crippen LogP contribution in [0.25, 0.3) is 0 Å². The van der Waals surface area contributed by atoms with Crippen LogP contribution in [0.15, 0.2) is 18.2 Å². The monoisotopic (exact) mass is 231 g/mol. The third-order valence-corrected chi connectivity index (χ3v) is 4.30. The molecule has 1 atom stereocenters. The SMILES string of the molecule is Cc1ccc(C(CN)C2CCCCC2)c(C)c1. The van der Waals surface area contributed by atoms with Crippen molar-refractivity contribution < 1.29 is 0 Å². The molecule has 94 valence electrons. The van der Waals surface area contributed by atoms with Crippen LogP contribution in [0, 0.1) is 19.8 Å². The Morgan fingerprint density at radius 3 is 2.47 bits per heavy atom. The lowest BCUT2D eigenvalue weighted by atomic mass is 9.75. The Hall–Kier alpha value is -0.820. The molecule has 1 aliphatic carbocycles. The first-order valence-corrected chi connectivity index (χ1v) is 6.99. The van der Waals surface area contributed by atoms with Crippen LogP contribution in [0.3, 0.4) is 0 Å². The summed E-state index contributed by atoms with van der Waals surface area (Å²) in [7, 11) is 0. The molecule has 0 amide bonds. The van der Waals surface area contributed by atoms with E-state index in [0.29, 0.717) is 5.92 Å². The van der Waals surface area contributed by atoms with E-state index in [2.05, 4.69) is 32.0 Å². The van der Waals surface area contributed by atoms with Crippen LogP contribution in [0.4, 0.5) is 0 Å². The van der Waals surface area contributed by atoms with E-state index in [9.17, 15) is 0 Å². The number of rotatable bonds is 3. The highest BCUT2D eigenvalue weighted by Crippen LogP contribution is 2.36. The highest BCUT2D eigenvalue weighted by molar-refractivity contribution is 5.33. The van der Waals surface area contributed by atoms with E-state index in [4.69, 9.17) is 5.73 Å². The lowest BCUT2D eigenvalue weighted by Crippen LogP contribution is -2.24. The van der Waals surface area contributed by atoms with Gasteiger partial charge in [-0.3, -0.25) is 0 Å². The molecule has 0 spiro atoms. The van der Waals surface area contributed by atoms with Crippen LogP contribution in [-0.4, -0.2) is 6.54 Å². The second kappa shape index (κ2) is 5.68. The maximum Gasteiger partial charge on any atom is -0.000546 e. The summed E-state index contributed by atoms with van der Waals surface area (Å²) in [6, 6.07) is 6.82. The summed E-state index contributed by atoms with van der Waals surface area (Å²) in [6.07, 6.45) is 6.95. The van der Waals surface area contributed by atoms with Crippen molar-refractivity contribution in [3.63, 3.8) is 0 Å². The third-order valence-electron chi connectivity index (χ3n) is 4.30. The van der Waals surface area contributed by atoms with E-state index >= 15 is 0 Å². The molecule has 0 saturated heterocycles. The van der Waals surface area contributed by atoms with Gasteiger partial charge in [-0.2, -0.15) is 0 Å². The van der Waals surface area contributed by atoms with E-state index in [1.54, 1.807) is 0 Å². The topological polar surface area (TPSA) is 26.0 Å². The standard InChI is InChI=1S/C16H25N/c1-12-8-9-15(13(2)10-12)16(11-17)14-6-4-3-5-7-14/h8-10,14,16H,3-7,11,17H2,1-2H3. The van der Waals surface area contributed by atoms with Crippen LogP contribution in [0.2, 0.25) is 0 Å². The molecule has 0 bridgehead atoms. The van der Waals surface area contributed by atoms with Crippen molar-refractivity contribution in [1.29, 1.82) is 0 Å². The summed E-state index contributed by atoms with van der Waals surface area (Å²) in [5, 5.41) is 0. The van der Waals surface area contributed by atoms with Crippen molar-refractivity contribution in [2.45, 2.75) is 51.9 Å². The molecular weight excluding hydrogens is 206 g/mol. The van der Waals surface area contributed by atoms with Crippen LogP contribution in [0.5, 0.6) is 0 Å². The smallest absolute Gasteiger partial charge is 0.000546 e. The van der Waals surface area contributed by atoms with E-state index < -0.39 is 0 Å². The molecule has 0 radical (unpaired) electrons. The summed E-state index contributed by atoms with van der Waals surface area (Å²) in [6.45, 7) is 5.19. The summed E-state index contributed by atoms with van der Waals surface area (Å²) >= 11 is 0. The van der Waals surface area contributed by atoms with Crippen LogP contribution in [-0.2, 0) is 0 Å². The Morgan fingerprint density at radius 1 is 1.18 bits per heavy atom. The lowest BCUT2D eigenvalue weighted by molar-refractivity contribution is 0.307. The minimum absolute atomic E-state index is 0.580. The average molecular weight is 231 g/mol. The van der Waals surface area contributed by atoms with Crippen molar-refractivity contribution in [2.24, 2.45) is 11.7 Å². The Balaban J connectivity index is 2.21. The fourth-order valence-corrected chi connectivity index (χ4v) is 3.35. The lowest BCUT2D eigenvalue weighted by Gasteiger charge is -2.30. The van der Waals surface area contributed by atoms with Crippen LogP contribution >= 0.6 is 0 Å². The van der Waals surface area contributed by atoms with Gasteiger partial charge in [0, 0.05) is 0 Å². The predicted octanol–water partition coefficient (Wildman–Crippen LogP) is 3.93. The first-order chi connectivity index (χ1) is 8.22. The molecule has 1 heteroatoms. The summed E-state index contributed by atoms with van der Waals surface area (Å²) < 4.78 is 0. The Bertz CT molecular complexity index is 364. The van der Waals surface area contributed by atoms with E-state index in [1.807, 2.05) is 0 Å². The zero-order chi connectivity index (χ0) is 12.3. The van der Waals surface area contributed by atoms with Gasteiger partial charge in [0.15, 0.2) is 0 Å². The zero-order valence-corrected chi connectivity index (χ0v) is 11.2. The van der Waals surface area contributed by atoms with E-state index in [0.717, 1.165) is 12.5 Å². The number of hydrogen-bond donors (Lipinski definition) is 1. The molecule has 0 aromatic heterocycles. The van der Waals surface area contributed by atoms with Gasteiger partial charge in [0.25, 0.3) is 0 Å². The van der Waals surface area contributed by atoms with Crippen molar-refractivity contribution >= 4 is 0 Å². The van der Waals surface area contributed by atoms with Crippen LogP contribution < -0.4 is 5.73 Å². The summed E-state index contributed by atoms with van der Waals surface area (Å²) in [4.78, 5) is 0. The Kier molecular flexibility index (Phi) is 4.22. The zero-order valence-electron chi connectivity index (χ0n) is 11.2. The molecule has 17 heavy (non-hydrogen) atoms. The Labute approximate surface area is 105 Å². The van der Waals surface area contributed by atoms with Crippen LogP contribution in [0.1, 0.15) is 54.7 Å². The highest BCUT2D eigenvalue weighted by atomic mass is 14.6. The van der Waals surface area contributed by atoms with Gasteiger partial charge in [0.05, 0.1) is 0 Å². The highest BCUT2D eigenvalue weighted by Gasteiger charge is 2.24. The first-order valence-electron chi connectivity index (χ1n) is 6.99. The molecular formula is C16H25N. The largest absolute Gasteiger partial charge is 0.330 e. The maximum absolute atomic E-state index is 6.04. The van der Waals surface area contributed by atoms with Crippen molar-refractivity contribution in [1.82, 2.24) is 0 Å². The van der Waals surface area contributed by atoms with Gasteiger partial charge in [-0.15, -0.1) is 0 Å². The van der Waals surface area contributed by atoms with Gasteiger partial charge < -0.3 is 5.73 Å². The van der Waals surface area contributed by atoms with E-state index in [-0.39, 0.29) is 0 Å². The fourth-order valence-electron chi connectivity index (χ4n) is 3.35. The molecule has 1 saturated carbocycles. The Morgan fingerprint density at radius 2 is 1.88 bits per heavy atom. The molecule has 1 nitrogen and oxygen atoms in total. The van der Waals surface area contributed by atoms with Gasteiger partial charge in [-0.25, -0.2) is 0 Å². The van der Waals surface area contributed by atoms with E-state index in [1.165, 1.54) is 48.8 Å². The number of hydrogen-bond acceptors (Lipinski definition) is 1. The van der Waals surface area contributed by atoms with Crippen molar-refractivity contribution in [3.05, 3.63) is 34.9 Å².